The van der Waals surface area contributed by atoms with E-state index in [4.69, 9.17) is 43.8 Å². The first-order valence-electron chi connectivity index (χ1n) is 18.6. The van der Waals surface area contributed by atoms with E-state index in [9.17, 15) is 23.5 Å². The van der Waals surface area contributed by atoms with Gasteiger partial charge in [0.15, 0.2) is 35.0 Å². The van der Waals surface area contributed by atoms with Crippen LogP contribution in [0, 0.1) is 16.7 Å². The van der Waals surface area contributed by atoms with E-state index in [2.05, 4.69) is 29.9 Å². The van der Waals surface area contributed by atoms with E-state index in [1.807, 2.05) is 0 Å². The number of anilines is 2. The predicted molar refractivity (Wildman–Crippen MR) is 216 cm³/mol. The molecule has 0 spiro atoms. The molecule has 5 N–H and O–H groups in total. The second-order valence-corrected chi connectivity index (χ2v) is 24.3. The summed E-state index contributed by atoms with van der Waals surface area (Å²) in [5.41, 5.74) is 10.00. The number of H-pyrrole nitrogens is 1. The number of carbonyl (C=O) groups is 2. The fourth-order valence-electron chi connectivity index (χ4n) is 6.62. The molecule has 2 aliphatic heterocycles. The van der Waals surface area contributed by atoms with Gasteiger partial charge in [-0.2, -0.15) is 4.98 Å². The Kier molecular flexibility index (Phi) is 12.5. The maximum atomic E-state index is 16.9. The largest absolute Gasteiger partial charge is 0.454 e. The first-order valence-corrected chi connectivity index (χ1v) is 24.9. The van der Waals surface area contributed by atoms with E-state index in [0.717, 1.165) is 0 Å². The van der Waals surface area contributed by atoms with Crippen molar-refractivity contribution in [2.75, 3.05) is 36.6 Å². The summed E-state index contributed by atoms with van der Waals surface area (Å²) in [5, 5.41) is 0. The van der Waals surface area contributed by atoms with E-state index in [1.54, 1.807) is 46.1 Å². The Balaban J connectivity index is 1.23. The quantitative estimate of drug-likeness (QED) is 0.120. The monoisotopic (exact) mass is 918 g/mol. The number of nitrogen functional groups attached to an aromatic ring is 2. The Labute approximate surface area is 349 Å². The van der Waals surface area contributed by atoms with E-state index in [1.165, 1.54) is 23.5 Å². The molecule has 3 fully saturated rings. The van der Waals surface area contributed by atoms with Gasteiger partial charge in [-0.05, 0) is 54.4 Å². The van der Waals surface area contributed by atoms with Crippen LogP contribution in [-0.4, -0.2) is 101 Å². The van der Waals surface area contributed by atoms with Crippen molar-refractivity contribution in [3.8, 4) is 0 Å². The van der Waals surface area contributed by atoms with Gasteiger partial charge in [0.1, 0.15) is 35.9 Å². The zero-order valence-corrected chi connectivity index (χ0v) is 36.7. The number of hydrogen-bond acceptors (Lipinski definition) is 21. The highest BCUT2D eigenvalue weighted by Gasteiger charge is 2.53. The Bertz CT molecular complexity index is 2430. The molecule has 3 aliphatic rings. The van der Waals surface area contributed by atoms with E-state index < -0.39 is 103 Å². The number of aromatic nitrogens is 8. The van der Waals surface area contributed by atoms with Crippen LogP contribution in [0.2, 0.25) is 0 Å². The van der Waals surface area contributed by atoms with Gasteiger partial charge >= 0.3 is 25.5 Å². The molecule has 2 saturated heterocycles. The van der Waals surface area contributed by atoms with E-state index in [-0.39, 0.29) is 53.5 Å². The Morgan fingerprint density at radius 2 is 1.48 bits per heavy atom. The number of carbonyl (C=O) groups excluding carboxylic acids is 2. The van der Waals surface area contributed by atoms with Crippen molar-refractivity contribution in [1.82, 2.24) is 39.0 Å². The number of nitrogens with one attached hydrogen (secondary N) is 1. The number of nitrogens with zero attached hydrogens (tertiary/aromatic N) is 7. The molecule has 0 amide bonds. The number of halogens is 1. The van der Waals surface area contributed by atoms with Crippen LogP contribution in [0.5, 0.6) is 0 Å². The Morgan fingerprint density at radius 1 is 0.867 bits per heavy atom. The summed E-state index contributed by atoms with van der Waals surface area (Å²) < 4.78 is 90.8. The fourth-order valence-corrected chi connectivity index (χ4v) is 12.3. The molecule has 1 saturated carbocycles. The number of rotatable bonds is 8. The smallest absolute Gasteiger partial charge is 0.392 e. The zero-order valence-electron chi connectivity index (χ0n) is 33.3. The third-order valence-corrected chi connectivity index (χ3v) is 16.5. The van der Waals surface area contributed by atoms with Gasteiger partial charge in [0.25, 0.3) is 5.56 Å². The molecular formula is C33H45FN10O12P2S2. The summed E-state index contributed by atoms with van der Waals surface area (Å²) in [4.78, 5) is 61.1. The van der Waals surface area contributed by atoms with Crippen molar-refractivity contribution < 1.29 is 55.4 Å². The van der Waals surface area contributed by atoms with Crippen molar-refractivity contribution in [2.45, 2.75) is 91.1 Å². The van der Waals surface area contributed by atoms with Gasteiger partial charge in [-0.3, -0.25) is 37.5 Å². The molecule has 6 heterocycles. The topological polar surface area (TPSA) is 292 Å². The lowest BCUT2D eigenvalue weighted by atomic mass is 9.98. The molecule has 0 aromatic carbocycles. The minimum Gasteiger partial charge on any atom is -0.454 e. The summed E-state index contributed by atoms with van der Waals surface area (Å²) in [7, 11) is 0. The standard InChI is InChI=1S/C33H45FN10O12P2S2/c1-32(2,3)29(46)50-14-59-57(48)53-10-19-23(20(34)28(54-19)44-13-39-21-24(35)37-11-38-25(21)44)56-58(49,60-15-51-30(47)33(4,5)6)52-9-16-7-17(8-18(16)55-57)43-12-40-22-26(43)41-31(36)42-27(22)45/h11-13,16-20,23,28H,7-10,14-15H2,1-6H3,(H2,35,37,38)(H3,36,41,42,45)/t16?,17-,18-,19?,20?,23?,28?,57?,58?/m1/s1. The molecule has 328 valence electrons. The molecule has 4 aromatic rings. The molecule has 22 nitrogen and oxygen atoms in total. The molecule has 1 aliphatic carbocycles. The molecule has 0 radical (unpaired) electrons. The minimum atomic E-state index is -4.49. The fraction of sp³-hybridized carbons (Fsp3) is 0.636. The molecule has 9 atom stereocenters. The normalized spacial score (nSPS) is 30.4. The highest BCUT2D eigenvalue weighted by atomic mass is 32.7. The number of fused-ring (bicyclic) bond motifs is 4. The van der Waals surface area contributed by atoms with Gasteiger partial charge in [-0.1, -0.05) is 0 Å². The average molecular weight is 919 g/mol. The van der Waals surface area contributed by atoms with Crippen molar-refractivity contribution in [1.29, 1.82) is 0 Å². The van der Waals surface area contributed by atoms with Gasteiger partial charge in [-0.15, -0.1) is 0 Å². The number of ether oxygens (including phenoxy) is 3. The lowest BCUT2D eigenvalue weighted by Crippen LogP contribution is -2.34. The second-order valence-electron chi connectivity index (χ2n) is 16.3. The third kappa shape index (κ3) is 9.38. The van der Waals surface area contributed by atoms with Crippen LogP contribution in [0.25, 0.3) is 22.3 Å². The average Bonchev–Trinajstić information content (AvgIpc) is 3.94. The lowest BCUT2D eigenvalue weighted by molar-refractivity contribution is -0.151. The summed E-state index contributed by atoms with van der Waals surface area (Å²) in [6, 6.07) is -0.508. The molecular weight excluding hydrogens is 874 g/mol. The maximum Gasteiger partial charge on any atom is 0.392 e. The van der Waals surface area contributed by atoms with Crippen molar-refractivity contribution >= 4 is 82.4 Å². The first-order chi connectivity index (χ1) is 28.1. The molecule has 7 unspecified atom stereocenters. The van der Waals surface area contributed by atoms with Crippen LogP contribution in [-0.2, 0) is 51.0 Å². The SMILES string of the molecule is CC(C)(C)C(=O)OCSP1(=O)OCC2C[C@@H](n3cnc4c(=O)[nH]c(N)nc43)C[C@H]2OP(=O)(SCOC(=O)C(C)(C)C)OCC2OC(n3cnc4c(N)ncnc43)C(F)C2O1. The van der Waals surface area contributed by atoms with Gasteiger partial charge in [0, 0.05) is 34.7 Å². The molecule has 4 aromatic heterocycles. The Morgan fingerprint density at radius 3 is 2.15 bits per heavy atom. The van der Waals surface area contributed by atoms with Crippen LogP contribution in [0.15, 0.2) is 23.8 Å². The minimum absolute atomic E-state index is 0.0295. The number of esters is 2. The number of alkyl halides is 1. The first kappa shape index (κ1) is 44.4. The lowest BCUT2D eigenvalue weighted by Gasteiger charge is -2.30. The number of aromatic amines is 1. The van der Waals surface area contributed by atoms with Crippen molar-refractivity contribution in [3.63, 3.8) is 0 Å². The molecule has 60 heavy (non-hydrogen) atoms. The summed E-state index contributed by atoms with van der Waals surface area (Å²) in [5.74, 6) is -2.92. The summed E-state index contributed by atoms with van der Waals surface area (Å²) in [6.07, 6.45) is -3.55. The molecule has 7 rings (SSSR count). The highest BCUT2D eigenvalue weighted by Crippen LogP contribution is 2.67. The van der Waals surface area contributed by atoms with Gasteiger partial charge in [0.05, 0.1) is 42.8 Å². The van der Waals surface area contributed by atoms with Crippen LogP contribution < -0.4 is 17.0 Å². The van der Waals surface area contributed by atoms with Crippen LogP contribution in [0.3, 0.4) is 0 Å². The second kappa shape index (κ2) is 16.9. The van der Waals surface area contributed by atoms with Crippen LogP contribution in [0.1, 0.15) is 66.7 Å². The molecule has 27 heteroatoms. The number of hydrogen-bond donors (Lipinski definition) is 3. The van der Waals surface area contributed by atoms with Crippen molar-refractivity contribution in [2.24, 2.45) is 16.7 Å². The Hall–Kier alpha value is -3.67. The molecule has 0 bridgehead atoms. The highest BCUT2D eigenvalue weighted by molar-refractivity contribution is 8.55. The number of nitrogens with two attached hydrogens (primary N) is 2. The van der Waals surface area contributed by atoms with Crippen LogP contribution >= 0.6 is 36.4 Å². The summed E-state index contributed by atoms with van der Waals surface area (Å²) >= 11 is 1.12. The van der Waals surface area contributed by atoms with E-state index in [0.29, 0.717) is 22.8 Å². The van der Waals surface area contributed by atoms with Gasteiger partial charge in [0.2, 0.25) is 5.95 Å². The van der Waals surface area contributed by atoms with Gasteiger partial charge < -0.3 is 34.8 Å². The maximum absolute atomic E-state index is 16.9. The summed E-state index contributed by atoms with van der Waals surface area (Å²) in [6.45, 7) is 0.0268. The van der Waals surface area contributed by atoms with Gasteiger partial charge in [-0.25, -0.2) is 33.5 Å². The van der Waals surface area contributed by atoms with Crippen LogP contribution in [0.4, 0.5) is 16.2 Å². The van der Waals surface area contributed by atoms with Crippen molar-refractivity contribution in [3.05, 3.63) is 29.3 Å². The number of imidazole rings is 2. The van der Waals surface area contributed by atoms with E-state index >= 15 is 4.39 Å². The third-order valence-electron chi connectivity index (χ3n) is 9.76. The zero-order chi connectivity index (χ0) is 43.4. The predicted octanol–water partition coefficient (Wildman–Crippen LogP) is 4.90.